The molecule has 0 aliphatic heterocycles. The summed E-state index contributed by atoms with van der Waals surface area (Å²) in [6.45, 7) is 1.95. The molecule has 0 aliphatic carbocycles. The van der Waals surface area contributed by atoms with Crippen LogP contribution >= 0.6 is 0 Å². The number of Topliss-reactive ketones (excluding diaryl/α,β-unsaturated/α-hetero) is 1. The summed E-state index contributed by atoms with van der Waals surface area (Å²) in [6, 6.07) is 16.0. The zero-order chi connectivity index (χ0) is 13.0. The van der Waals surface area contributed by atoms with Crippen LogP contribution in [0.5, 0.6) is 0 Å². The minimum absolute atomic E-state index is 0.104. The van der Waals surface area contributed by atoms with Crippen LogP contribution in [0, 0.1) is 6.92 Å². The third kappa shape index (κ3) is 3.04. The molecule has 2 rings (SSSR count). The van der Waals surface area contributed by atoms with Crippen LogP contribution < -0.4 is 0 Å². The van der Waals surface area contributed by atoms with Crippen molar-refractivity contribution in [1.82, 2.24) is 0 Å². The van der Waals surface area contributed by atoms with Crippen molar-refractivity contribution in [3.05, 3.63) is 71.3 Å². The van der Waals surface area contributed by atoms with E-state index in [0.29, 0.717) is 11.1 Å². The number of halogens is 1. The van der Waals surface area contributed by atoms with Crippen LogP contribution in [0.15, 0.2) is 54.6 Å². The average molecular weight is 242 g/mol. The Morgan fingerprint density at radius 1 is 1.06 bits per heavy atom. The van der Waals surface area contributed by atoms with E-state index in [4.69, 9.17) is 0 Å². The minimum atomic E-state index is -1.24. The fourth-order valence-corrected chi connectivity index (χ4v) is 1.80. The molecule has 0 N–H and O–H groups in total. The lowest BCUT2D eigenvalue weighted by atomic mass is 10.0. The standard InChI is InChI=1S/C16H15FO/c1-12-7-9-14(10-8-12)16(18)11-15(17)13-5-3-2-4-6-13/h2-10,15H,11H2,1H3. The molecule has 2 heteroatoms. The molecular formula is C16H15FO. The van der Waals surface area contributed by atoms with E-state index in [0.717, 1.165) is 5.56 Å². The summed E-state index contributed by atoms with van der Waals surface area (Å²) in [5, 5.41) is 0. The highest BCUT2D eigenvalue weighted by atomic mass is 19.1. The van der Waals surface area contributed by atoms with Crippen LogP contribution in [0.25, 0.3) is 0 Å². The van der Waals surface area contributed by atoms with Gasteiger partial charge >= 0.3 is 0 Å². The Labute approximate surface area is 106 Å². The van der Waals surface area contributed by atoms with Crippen LogP contribution in [0.1, 0.15) is 34.1 Å². The van der Waals surface area contributed by atoms with Crippen molar-refractivity contribution in [3.8, 4) is 0 Å². The van der Waals surface area contributed by atoms with E-state index in [1.54, 1.807) is 36.4 Å². The van der Waals surface area contributed by atoms with E-state index in [9.17, 15) is 9.18 Å². The summed E-state index contributed by atoms with van der Waals surface area (Å²) >= 11 is 0. The topological polar surface area (TPSA) is 17.1 Å². The lowest BCUT2D eigenvalue weighted by molar-refractivity contribution is 0.0947. The first kappa shape index (κ1) is 12.5. The maximum Gasteiger partial charge on any atom is 0.166 e. The molecule has 1 unspecified atom stereocenters. The smallest absolute Gasteiger partial charge is 0.166 e. The fourth-order valence-electron chi connectivity index (χ4n) is 1.80. The predicted octanol–water partition coefficient (Wildman–Crippen LogP) is 4.28. The highest BCUT2D eigenvalue weighted by molar-refractivity contribution is 5.96. The highest BCUT2D eigenvalue weighted by Gasteiger charge is 2.15. The molecule has 0 heterocycles. The maximum absolute atomic E-state index is 13.9. The van der Waals surface area contributed by atoms with Gasteiger partial charge in [0.2, 0.25) is 0 Å². The normalized spacial score (nSPS) is 12.1. The second-order valence-corrected chi connectivity index (χ2v) is 4.37. The summed E-state index contributed by atoms with van der Waals surface area (Å²) in [5.74, 6) is -0.161. The molecule has 1 atom stereocenters. The largest absolute Gasteiger partial charge is 0.294 e. The third-order valence-corrected chi connectivity index (χ3v) is 2.90. The van der Waals surface area contributed by atoms with Crippen molar-refractivity contribution < 1.29 is 9.18 Å². The molecule has 2 aromatic rings. The number of carbonyl (C=O) groups is 1. The van der Waals surface area contributed by atoms with Gasteiger partial charge in [-0.1, -0.05) is 60.2 Å². The van der Waals surface area contributed by atoms with Crippen LogP contribution in [0.4, 0.5) is 4.39 Å². The predicted molar refractivity (Wildman–Crippen MR) is 70.4 cm³/mol. The van der Waals surface area contributed by atoms with Crippen molar-refractivity contribution in [2.45, 2.75) is 19.5 Å². The number of hydrogen-bond acceptors (Lipinski definition) is 1. The first-order valence-electron chi connectivity index (χ1n) is 5.95. The summed E-state index contributed by atoms with van der Waals surface area (Å²) < 4.78 is 13.9. The molecule has 0 spiro atoms. The molecule has 1 nitrogen and oxygen atoms in total. The molecule has 18 heavy (non-hydrogen) atoms. The lowest BCUT2D eigenvalue weighted by Crippen LogP contribution is -2.04. The van der Waals surface area contributed by atoms with Gasteiger partial charge in [0.1, 0.15) is 6.17 Å². The second kappa shape index (κ2) is 5.58. The van der Waals surface area contributed by atoms with Crippen molar-refractivity contribution in [2.24, 2.45) is 0 Å². The van der Waals surface area contributed by atoms with Crippen molar-refractivity contribution in [1.29, 1.82) is 0 Å². The van der Waals surface area contributed by atoms with E-state index < -0.39 is 6.17 Å². The van der Waals surface area contributed by atoms with Crippen LogP contribution in [0.2, 0.25) is 0 Å². The molecule has 2 aromatic carbocycles. The number of carbonyl (C=O) groups excluding carboxylic acids is 1. The summed E-state index contributed by atoms with van der Waals surface area (Å²) in [5.41, 5.74) is 2.21. The quantitative estimate of drug-likeness (QED) is 0.731. The molecular weight excluding hydrogens is 227 g/mol. The molecule has 0 fully saturated rings. The maximum atomic E-state index is 13.9. The number of alkyl halides is 1. The fraction of sp³-hybridized carbons (Fsp3) is 0.188. The Bertz CT molecular complexity index is 517. The van der Waals surface area contributed by atoms with Gasteiger partial charge in [-0.2, -0.15) is 0 Å². The highest BCUT2D eigenvalue weighted by Crippen LogP contribution is 2.22. The van der Waals surface area contributed by atoms with Crippen molar-refractivity contribution in [3.63, 3.8) is 0 Å². The van der Waals surface area contributed by atoms with Crippen molar-refractivity contribution in [2.75, 3.05) is 0 Å². The van der Waals surface area contributed by atoms with E-state index in [1.165, 1.54) is 0 Å². The third-order valence-electron chi connectivity index (χ3n) is 2.90. The molecule has 0 aliphatic rings. The Morgan fingerprint density at radius 2 is 1.67 bits per heavy atom. The summed E-state index contributed by atoms with van der Waals surface area (Å²) in [6.07, 6.45) is -1.34. The molecule has 0 aromatic heterocycles. The summed E-state index contributed by atoms with van der Waals surface area (Å²) in [4.78, 5) is 11.9. The van der Waals surface area contributed by atoms with Gasteiger partial charge in [0, 0.05) is 12.0 Å². The van der Waals surface area contributed by atoms with E-state index in [2.05, 4.69) is 0 Å². The molecule has 0 saturated carbocycles. The van der Waals surface area contributed by atoms with Gasteiger partial charge in [-0.3, -0.25) is 4.79 Å². The Morgan fingerprint density at radius 3 is 2.28 bits per heavy atom. The number of rotatable bonds is 4. The Balaban J connectivity index is 2.06. The second-order valence-electron chi connectivity index (χ2n) is 4.37. The Hall–Kier alpha value is -1.96. The van der Waals surface area contributed by atoms with Gasteiger partial charge in [0.15, 0.2) is 5.78 Å². The van der Waals surface area contributed by atoms with E-state index in [1.807, 2.05) is 25.1 Å². The number of ketones is 1. The first-order valence-corrected chi connectivity index (χ1v) is 5.95. The zero-order valence-corrected chi connectivity index (χ0v) is 10.3. The molecule has 0 bridgehead atoms. The molecule has 0 saturated heterocycles. The molecule has 0 radical (unpaired) electrons. The first-order chi connectivity index (χ1) is 8.66. The van der Waals surface area contributed by atoms with Gasteiger partial charge in [-0.05, 0) is 12.5 Å². The van der Waals surface area contributed by atoms with Crippen LogP contribution in [-0.2, 0) is 0 Å². The molecule has 0 amide bonds. The van der Waals surface area contributed by atoms with Gasteiger partial charge in [0.25, 0.3) is 0 Å². The Kier molecular flexibility index (Phi) is 3.88. The monoisotopic (exact) mass is 242 g/mol. The van der Waals surface area contributed by atoms with Crippen LogP contribution in [-0.4, -0.2) is 5.78 Å². The number of hydrogen-bond donors (Lipinski definition) is 0. The summed E-state index contributed by atoms with van der Waals surface area (Å²) in [7, 11) is 0. The number of aryl methyl sites for hydroxylation is 1. The van der Waals surface area contributed by atoms with Crippen LogP contribution in [0.3, 0.4) is 0 Å². The number of benzene rings is 2. The van der Waals surface area contributed by atoms with Gasteiger partial charge in [-0.15, -0.1) is 0 Å². The average Bonchev–Trinajstić information content (AvgIpc) is 2.40. The van der Waals surface area contributed by atoms with E-state index in [-0.39, 0.29) is 12.2 Å². The zero-order valence-electron chi connectivity index (χ0n) is 10.3. The van der Waals surface area contributed by atoms with Crippen molar-refractivity contribution >= 4 is 5.78 Å². The van der Waals surface area contributed by atoms with E-state index >= 15 is 0 Å². The van der Waals surface area contributed by atoms with Gasteiger partial charge in [0.05, 0.1) is 0 Å². The van der Waals surface area contributed by atoms with Gasteiger partial charge in [-0.25, -0.2) is 4.39 Å². The van der Waals surface area contributed by atoms with Gasteiger partial charge < -0.3 is 0 Å². The molecule has 92 valence electrons. The lowest BCUT2D eigenvalue weighted by Gasteiger charge is -2.07. The SMILES string of the molecule is Cc1ccc(C(=O)CC(F)c2ccccc2)cc1. The minimum Gasteiger partial charge on any atom is -0.294 e.